The molecular weight excluding hydrogens is 204 g/mol. The van der Waals surface area contributed by atoms with Crippen LogP contribution in [-0.2, 0) is 14.3 Å². The molecule has 0 amide bonds. The first-order valence-electron chi connectivity index (χ1n) is 5.27. The Labute approximate surface area is 95.5 Å². The summed E-state index contributed by atoms with van der Waals surface area (Å²) < 4.78 is 5.02. The van der Waals surface area contributed by atoms with E-state index < -0.39 is 0 Å². The second-order valence-electron chi connectivity index (χ2n) is 3.87. The highest BCUT2D eigenvalue weighted by Crippen LogP contribution is 2.17. The molecule has 0 aromatic rings. The molecule has 86 valence electrons. The zero-order valence-corrected chi connectivity index (χ0v) is 9.82. The summed E-state index contributed by atoms with van der Waals surface area (Å²) in [6.45, 7) is 4.86. The molecule has 0 heterocycles. The molecule has 1 rings (SSSR count). The summed E-state index contributed by atoms with van der Waals surface area (Å²) in [4.78, 5) is 22.2. The van der Waals surface area contributed by atoms with E-state index in [1.54, 1.807) is 6.08 Å². The first-order valence-corrected chi connectivity index (χ1v) is 5.27. The Hall–Kier alpha value is -1.64. The minimum absolute atomic E-state index is 0.0215. The van der Waals surface area contributed by atoms with Crippen LogP contribution in [0.15, 0.2) is 35.6 Å². The Morgan fingerprint density at radius 3 is 2.62 bits per heavy atom. The normalized spacial score (nSPS) is 20.3. The number of ketones is 1. The maximum Gasteiger partial charge on any atom is 0.307 e. The van der Waals surface area contributed by atoms with Crippen molar-refractivity contribution in [2.45, 2.75) is 27.2 Å². The maximum atomic E-state index is 11.4. The summed E-state index contributed by atoms with van der Waals surface area (Å²) in [6.07, 6.45) is 7.96. The van der Waals surface area contributed by atoms with Gasteiger partial charge in [-0.25, -0.2) is 0 Å². The smallest absolute Gasteiger partial charge is 0.307 e. The molecule has 1 unspecified atom stereocenters. The van der Waals surface area contributed by atoms with Crippen LogP contribution in [0.4, 0.5) is 0 Å². The average Bonchev–Trinajstić information content (AvgIpc) is 2.12. The molecule has 1 atom stereocenters. The zero-order valence-electron chi connectivity index (χ0n) is 9.82. The number of ether oxygens (including phenoxy) is 1. The lowest BCUT2D eigenvalue weighted by atomic mass is 10.0. The summed E-state index contributed by atoms with van der Waals surface area (Å²) >= 11 is 0. The van der Waals surface area contributed by atoms with Crippen molar-refractivity contribution in [1.82, 2.24) is 0 Å². The number of carbonyl (C=O) groups is 2. The van der Waals surface area contributed by atoms with Crippen LogP contribution < -0.4 is 0 Å². The number of rotatable bonds is 2. The third kappa shape index (κ3) is 3.85. The van der Waals surface area contributed by atoms with E-state index in [9.17, 15) is 9.59 Å². The SMILES string of the molecule is CC(=O)OC1=CC(C(C)=O)=CC(C)C=CC1. The highest BCUT2D eigenvalue weighted by Gasteiger charge is 2.09. The predicted molar refractivity (Wildman–Crippen MR) is 61.5 cm³/mol. The molecule has 1 aliphatic carbocycles. The molecule has 0 radical (unpaired) electrons. The second-order valence-corrected chi connectivity index (χ2v) is 3.87. The Kier molecular flexibility index (Phi) is 4.23. The van der Waals surface area contributed by atoms with E-state index in [-0.39, 0.29) is 17.7 Å². The highest BCUT2D eigenvalue weighted by molar-refractivity contribution is 5.96. The molecule has 3 heteroatoms. The number of hydrogen-bond acceptors (Lipinski definition) is 3. The number of hydrogen-bond donors (Lipinski definition) is 0. The molecule has 0 fully saturated rings. The van der Waals surface area contributed by atoms with Gasteiger partial charge in [-0.3, -0.25) is 9.59 Å². The van der Waals surface area contributed by atoms with Gasteiger partial charge in [0.05, 0.1) is 0 Å². The van der Waals surface area contributed by atoms with E-state index in [4.69, 9.17) is 4.74 Å². The van der Waals surface area contributed by atoms with E-state index in [0.717, 1.165) is 0 Å². The molecule has 0 saturated carbocycles. The van der Waals surface area contributed by atoms with Gasteiger partial charge in [-0.2, -0.15) is 0 Å². The fraction of sp³-hybridized carbons (Fsp3) is 0.385. The summed E-state index contributed by atoms with van der Waals surface area (Å²) in [6, 6.07) is 0. The lowest BCUT2D eigenvalue weighted by molar-refractivity contribution is -0.137. The number of allylic oxidation sites excluding steroid dienone is 5. The fourth-order valence-electron chi connectivity index (χ4n) is 1.49. The van der Waals surface area contributed by atoms with Gasteiger partial charge in [-0.05, 0) is 18.9 Å². The quantitative estimate of drug-likeness (QED) is 0.530. The molecule has 0 bridgehead atoms. The Bertz CT molecular complexity index is 386. The number of esters is 1. The van der Waals surface area contributed by atoms with Crippen molar-refractivity contribution >= 4 is 11.8 Å². The minimum Gasteiger partial charge on any atom is -0.431 e. The van der Waals surface area contributed by atoms with E-state index in [1.165, 1.54) is 13.8 Å². The van der Waals surface area contributed by atoms with Crippen molar-refractivity contribution in [1.29, 1.82) is 0 Å². The van der Waals surface area contributed by atoms with Gasteiger partial charge >= 0.3 is 5.97 Å². The molecule has 0 aromatic carbocycles. The van der Waals surface area contributed by atoms with Crippen LogP contribution in [0, 0.1) is 5.92 Å². The largest absolute Gasteiger partial charge is 0.431 e. The van der Waals surface area contributed by atoms with E-state index in [2.05, 4.69) is 0 Å². The van der Waals surface area contributed by atoms with E-state index in [0.29, 0.717) is 17.8 Å². The fourth-order valence-corrected chi connectivity index (χ4v) is 1.49. The summed E-state index contributed by atoms with van der Waals surface area (Å²) in [5.74, 6) is 0.342. The van der Waals surface area contributed by atoms with Crippen LogP contribution in [0.25, 0.3) is 0 Å². The minimum atomic E-state index is -0.365. The van der Waals surface area contributed by atoms with Crippen LogP contribution in [0.1, 0.15) is 27.2 Å². The van der Waals surface area contributed by atoms with E-state index in [1.807, 2.05) is 25.2 Å². The van der Waals surface area contributed by atoms with Gasteiger partial charge in [0.15, 0.2) is 5.78 Å². The molecule has 16 heavy (non-hydrogen) atoms. The third-order valence-corrected chi connectivity index (χ3v) is 2.20. The zero-order chi connectivity index (χ0) is 12.1. The lowest BCUT2D eigenvalue weighted by Crippen LogP contribution is -2.04. The van der Waals surface area contributed by atoms with Crippen LogP contribution in [-0.4, -0.2) is 11.8 Å². The molecule has 1 aliphatic rings. The molecule has 0 spiro atoms. The first kappa shape index (κ1) is 12.4. The van der Waals surface area contributed by atoms with Gasteiger partial charge < -0.3 is 4.74 Å². The van der Waals surface area contributed by atoms with Gasteiger partial charge in [0.1, 0.15) is 5.76 Å². The van der Waals surface area contributed by atoms with Crippen molar-refractivity contribution < 1.29 is 14.3 Å². The van der Waals surface area contributed by atoms with Crippen LogP contribution in [0.2, 0.25) is 0 Å². The van der Waals surface area contributed by atoms with Crippen molar-refractivity contribution in [2.75, 3.05) is 0 Å². The third-order valence-electron chi connectivity index (χ3n) is 2.20. The first-order chi connectivity index (χ1) is 7.49. The summed E-state index contributed by atoms with van der Waals surface area (Å²) in [7, 11) is 0. The topological polar surface area (TPSA) is 43.4 Å². The van der Waals surface area contributed by atoms with Gasteiger partial charge in [0, 0.05) is 18.9 Å². The monoisotopic (exact) mass is 220 g/mol. The van der Waals surface area contributed by atoms with Crippen LogP contribution in [0.3, 0.4) is 0 Å². The van der Waals surface area contributed by atoms with Crippen molar-refractivity contribution in [3.8, 4) is 0 Å². The maximum absolute atomic E-state index is 11.4. The number of carbonyl (C=O) groups excluding carboxylic acids is 2. The van der Waals surface area contributed by atoms with Crippen molar-refractivity contribution in [2.24, 2.45) is 5.92 Å². The Balaban J connectivity index is 3.01. The Morgan fingerprint density at radius 1 is 1.38 bits per heavy atom. The molecule has 0 aromatic heterocycles. The average molecular weight is 220 g/mol. The number of Topliss-reactive ketones (excluding diaryl/α,β-unsaturated/α-hetero) is 1. The summed E-state index contributed by atoms with van der Waals surface area (Å²) in [5, 5.41) is 0. The summed E-state index contributed by atoms with van der Waals surface area (Å²) in [5.41, 5.74) is 0.591. The lowest BCUT2D eigenvalue weighted by Gasteiger charge is -2.10. The Morgan fingerprint density at radius 2 is 2.06 bits per heavy atom. The van der Waals surface area contributed by atoms with Gasteiger partial charge in [0.2, 0.25) is 0 Å². The van der Waals surface area contributed by atoms with E-state index >= 15 is 0 Å². The molecule has 0 aliphatic heterocycles. The van der Waals surface area contributed by atoms with Gasteiger partial charge in [-0.1, -0.05) is 25.2 Å². The molecule has 0 saturated heterocycles. The molecule has 0 N–H and O–H groups in total. The van der Waals surface area contributed by atoms with Crippen LogP contribution >= 0.6 is 0 Å². The van der Waals surface area contributed by atoms with Gasteiger partial charge in [-0.15, -0.1) is 0 Å². The van der Waals surface area contributed by atoms with Crippen molar-refractivity contribution in [3.05, 3.63) is 35.6 Å². The standard InChI is InChI=1S/C13H16O3/c1-9-5-4-6-13(16-11(3)15)8-12(7-9)10(2)14/h4-5,7-9H,6H2,1-3H3. The predicted octanol–water partition coefficient (Wildman–Crippen LogP) is 2.54. The molecule has 3 nitrogen and oxygen atoms in total. The van der Waals surface area contributed by atoms with Gasteiger partial charge in [0.25, 0.3) is 0 Å². The van der Waals surface area contributed by atoms with Crippen molar-refractivity contribution in [3.63, 3.8) is 0 Å². The molecular formula is C13H16O3. The van der Waals surface area contributed by atoms with Crippen LogP contribution in [0.5, 0.6) is 0 Å². The second kappa shape index (κ2) is 5.45. The highest BCUT2D eigenvalue weighted by atomic mass is 16.5.